The van der Waals surface area contributed by atoms with Crippen molar-refractivity contribution in [1.29, 1.82) is 0 Å². The Balaban J connectivity index is 1.70. The van der Waals surface area contributed by atoms with Crippen LogP contribution in [-0.4, -0.2) is 29.4 Å². The minimum atomic E-state index is -0.402. The average molecular weight is 326 g/mol. The van der Waals surface area contributed by atoms with E-state index in [0.717, 1.165) is 9.92 Å². The predicted molar refractivity (Wildman–Crippen MR) is 81.5 cm³/mol. The molecule has 0 bridgehead atoms. The molecule has 1 fully saturated rings. The van der Waals surface area contributed by atoms with E-state index in [4.69, 9.17) is 26.6 Å². The van der Waals surface area contributed by atoms with Gasteiger partial charge in [0.1, 0.15) is 0 Å². The molecule has 2 aromatic rings. The highest BCUT2D eigenvalue weighted by atomic mass is 35.5. The van der Waals surface area contributed by atoms with E-state index < -0.39 is 5.41 Å². The third-order valence-electron chi connectivity index (χ3n) is 3.67. The molecule has 0 aliphatic carbocycles. The third kappa shape index (κ3) is 2.94. The molecular formula is C14H16ClN3O2S. The third-order valence-corrected chi connectivity index (χ3v) is 5.18. The molecule has 112 valence electrons. The molecule has 0 spiro atoms. The fourth-order valence-corrected chi connectivity index (χ4v) is 3.24. The second-order valence-corrected chi connectivity index (χ2v) is 6.70. The van der Waals surface area contributed by atoms with Crippen LogP contribution in [0.5, 0.6) is 0 Å². The normalized spacial score (nSPS) is 25.4. The summed E-state index contributed by atoms with van der Waals surface area (Å²) in [5.74, 6) is 1.77. The predicted octanol–water partition coefficient (Wildman–Crippen LogP) is 2.63. The van der Waals surface area contributed by atoms with Crippen molar-refractivity contribution in [2.24, 2.45) is 5.73 Å². The van der Waals surface area contributed by atoms with E-state index in [1.165, 1.54) is 0 Å². The fourth-order valence-electron chi connectivity index (χ4n) is 2.16. The molecule has 7 heteroatoms. The molecule has 21 heavy (non-hydrogen) atoms. The number of nitrogens with zero attached hydrogens (tertiary/aromatic N) is 2. The van der Waals surface area contributed by atoms with Crippen LogP contribution in [0.15, 0.2) is 33.7 Å². The Morgan fingerprint density at radius 3 is 3.00 bits per heavy atom. The zero-order chi connectivity index (χ0) is 14.9. The molecule has 0 saturated carbocycles. The van der Waals surface area contributed by atoms with Gasteiger partial charge >= 0.3 is 0 Å². The number of hydrogen-bond donors (Lipinski definition) is 1. The van der Waals surface area contributed by atoms with Crippen LogP contribution in [0.25, 0.3) is 0 Å². The Morgan fingerprint density at radius 1 is 1.48 bits per heavy atom. The number of rotatable bonds is 4. The molecule has 1 aliphatic rings. The molecule has 2 unspecified atom stereocenters. The highest BCUT2D eigenvalue weighted by Crippen LogP contribution is 2.32. The highest BCUT2D eigenvalue weighted by molar-refractivity contribution is 7.98. The molecule has 1 saturated heterocycles. The monoisotopic (exact) mass is 325 g/mol. The van der Waals surface area contributed by atoms with Gasteiger partial charge in [0.15, 0.2) is 5.82 Å². The van der Waals surface area contributed by atoms with Crippen molar-refractivity contribution in [3.8, 4) is 0 Å². The summed E-state index contributed by atoms with van der Waals surface area (Å²) in [5.41, 5.74) is 5.66. The van der Waals surface area contributed by atoms with E-state index in [2.05, 4.69) is 10.1 Å². The second-order valence-electron chi connectivity index (χ2n) is 5.27. The van der Waals surface area contributed by atoms with Crippen LogP contribution >= 0.6 is 23.4 Å². The van der Waals surface area contributed by atoms with E-state index in [9.17, 15) is 0 Å². The van der Waals surface area contributed by atoms with Crippen LogP contribution in [0, 0.1) is 0 Å². The molecule has 2 heterocycles. The number of halogens is 1. The molecule has 1 aliphatic heterocycles. The Kier molecular flexibility index (Phi) is 4.21. The maximum absolute atomic E-state index is 6.12. The summed E-state index contributed by atoms with van der Waals surface area (Å²) in [6.07, 6.45) is 0. The number of benzene rings is 1. The number of aromatic nitrogens is 2. The van der Waals surface area contributed by atoms with Crippen LogP contribution < -0.4 is 5.73 Å². The van der Waals surface area contributed by atoms with E-state index in [0.29, 0.717) is 30.7 Å². The summed E-state index contributed by atoms with van der Waals surface area (Å²) in [4.78, 5) is 5.46. The topological polar surface area (TPSA) is 74.2 Å². The first-order chi connectivity index (χ1) is 10.1. The Bertz CT molecular complexity index is 636. The van der Waals surface area contributed by atoms with Crippen LogP contribution in [-0.2, 0) is 15.9 Å². The summed E-state index contributed by atoms with van der Waals surface area (Å²) in [7, 11) is 0. The second kappa shape index (κ2) is 5.96. The summed E-state index contributed by atoms with van der Waals surface area (Å²) in [6, 6.07) is 7.56. The van der Waals surface area contributed by atoms with Crippen molar-refractivity contribution in [2.45, 2.75) is 29.0 Å². The van der Waals surface area contributed by atoms with Crippen LogP contribution in [0.2, 0.25) is 5.02 Å². The number of nitrogens with two attached hydrogens (primary N) is 1. The van der Waals surface area contributed by atoms with Gasteiger partial charge in [0.2, 0.25) is 5.89 Å². The van der Waals surface area contributed by atoms with Gasteiger partial charge in [0.25, 0.3) is 0 Å². The summed E-state index contributed by atoms with van der Waals surface area (Å²) in [5, 5.41) is 4.75. The van der Waals surface area contributed by atoms with Gasteiger partial charge in [0.05, 0.1) is 29.4 Å². The SMILES string of the molecule is CC1(c2nc(CSc3ccccc3Cl)no2)COCC1N. The van der Waals surface area contributed by atoms with Crippen LogP contribution in [0.3, 0.4) is 0 Å². The molecule has 0 radical (unpaired) electrons. The van der Waals surface area contributed by atoms with Crippen molar-refractivity contribution in [3.05, 3.63) is 41.0 Å². The lowest BCUT2D eigenvalue weighted by molar-refractivity contribution is 0.169. The van der Waals surface area contributed by atoms with Gasteiger partial charge in [-0.3, -0.25) is 0 Å². The van der Waals surface area contributed by atoms with Gasteiger partial charge in [-0.1, -0.05) is 28.9 Å². The quantitative estimate of drug-likeness (QED) is 0.871. The Morgan fingerprint density at radius 2 is 2.29 bits per heavy atom. The molecule has 0 amide bonds. The maximum Gasteiger partial charge on any atom is 0.236 e. The number of ether oxygens (including phenoxy) is 1. The summed E-state index contributed by atoms with van der Waals surface area (Å²) >= 11 is 7.70. The highest BCUT2D eigenvalue weighted by Gasteiger charge is 2.44. The van der Waals surface area contributed by atoms with Gasteiger partial charge in [0, 0.05) is 10.9 Å². The minimum absolute atomic E-state index is 0.123. The van der Waals surface area contributed by atoms with E-state index in [1.54, 1.807) is 11.8 Å². The lowest BCUT2D eigenvalue weighted by Crippen LogP contribution is -2.42. The van der Waals surface area contributed by atoms with Crippen LogP contribution in [0.4, 0.5) is 0 Å². The van der Waals surface area contributed by atoms with E-state index in [1.807, 2.05) is 31.2 Å². The first-order valence-corrected chi connectivity index (χ1v) is 7.99. The van der Waals surface area contributed by atoms with E-state index in [-0.39, 0.29) is 6.04 Å². The average Bonchev–Trinajstić information content (AvgIpc) is 3.07. The molecule has 2 N–H and O–H groups in total. The minimum Gasteiger partial charge on any atom is -0.379 e. The molecular weight excluding hydrogens is 310 g/mol. The molecule has 1 aromatic carbocycles. The van der Waals surface area contributed by atoms with Gasteiger partial charge in [-0.2, -0.15) is 4.98 Å². The maximum atomic E-state index is 6.12. The van der Waals surface area contributed by atoms with Crippen LogP contribution in [0.1, 0.15) is 18.6 Å². The lowest BCUT2D eigenvalue weighted by atomic mass is 9.86. The number of hydrogen-bond acceptors (Lipinski definition) is 6. The first kappa shape index (κ1) is 14.8. The van der Waals surface area contributed by atoms with Gasteiger partial charge in [-0.15, -0.1) is 11.8 Å². The van der Waals surface area contributed by atoms with Gasteiger partial charge in [-0.05, 0) is 19.1 Å². The smallest absolute Gasteiger partial charge is 0.236 e. The molecule has 5 nitrogen and oxygen atoms in total. The molecule has 2 atom stereocenters. The fraction of sp³-hybridized carbons (Fsp3) is 0.429. The van der Waals surface area contributed by atoms with Crippen molar-refractivity contribution in [2.75, 3.05) is 13.2 Å². The van der Waals surface area contributed by atoms with E-state index >= 15 is 0 Å². The van der Waals surface area contributed by atoms with Crippen molar-refractivity contribution in [1.82, 2.24) is 10.1 Å². The zero-order valence-corrected chi connectivity index (χ0v) is 13.2. The summed E-state index contributed by atoms with van der Waals surface area (Å²) < 4.78 is 10.8. The largest absolute Gasteiger partial charge is 0.379 e. The lowest BCUT2D eigenvalue weighted by Gasteiger charge is -2.21. The standard InChI is InChI=1S/C14H16ClN3O2S/c1-14(8-19-6-11(14)16)13-17-12(18-20-13)7-21-10-5-3-2-4-9(10)15/h2-5,11H,6-8,16H2,1H3. The van der Waals surface area contributed by atoms with Crippen molar-refractivity contribution in [3.63, 3.8) is 0 Å². The molecule has 1 aromatic heterocycles. The van der Waals surface area contributed by atoms with Crippen molar-refractivity contribution >= 4 is 23.4 Å². The summed E-state index contributed by atoms with van der Waals surface area (Å²) in [6.45, 7) is 3.01. The zero-order valence-electron chi connectivity index (χ0n) is 11.6. The van der Waals surface area contributed by atoms with Gasteiger partial charge in [-0.25, -0.2) is 0 Å². The molecule has 3 rings (SSSR count). The van der Waals surface area contributed by atoms with Gasteiger partial charge < -0.3 is 15.0 Å². The number of thioether (sulfide) groups is 1. The van der Waals surface area contributed by atoms with Crippen molar-refractivity contribution < 1.29 is 9.26 Å². The Hall–Kier alpha value is -1.08. The Labute approximate surface area is 132 Å². The first-order valence-electron chi connectivity index (χ1n) is 6.63.